The number of halogens is 1. The third-order valence-electron chi connectivity index (χ3n) is 4.10. The van der Waals surface area contributed by atoms with Crippen LogP contribution in [0.3, 0.4) is 0 Å². The first-order valence-electron chi connectivity index (χ1n) is 7.98. The Hall–Kier alpha value is -2.33. The van der Waals surface area contributed by atoms with Crippen LogP contribution in [0.2, 0.25) is 5.02 Å². The van der Waals surface area contributed by atoms with Crippen LogP contribution in [0.5, 0.6) is 0 Å². The van der Waals surface area contributed by atoms with Crippen LogP contribution < -0.4 is 10.5 Å². The molecular formula is C19H20ClN3O. The Bertz CT molecular complexity index is 949. The summed E-state index contributed by atoms with van der Waals surface area (Å²) in [5, 5.41) is 0.518. The highest BCUT2D eigenvalue weighted by Crippen LogP contribution is 2.22. The molecule has 0 bridgehead atoms. The third-order valence-corrected chi connectivity index (χ3v) is 4.33. The molecule has 0 fully saturated rings. The lowest BCUT2D eigenvalue weighted by Gasteiger charge is -2.25. The highest BCUT2D eigenvalue weighted by Gasteiger charge is 2.11. The Labute approximate surface area is 146 Å². The van der Waals surface area contributed by atoms with Crippen molar-refractivity contribution < 1.29 is 0 Å². The highest BCUT2D eigenvalue weighted by atomic mass is 35.5. The molecule has 5 heteroatoms. The summed E-state index contributed by atoms with van der Waals surface area (Å²) < 4.78 is 1.47. The molecule has 1 aromatic carbocycles. The Kier molecular flexibility index (Phi) is 4.58. The minimum absolute atomic E-state index is 0.116. The summed E-state index contributed by atoms with van der Waals surface area (Å²) in [4.78, 5) is 19.1. The SMILES string of the molecule is CCN(Cc1cc(=O)n2cc(Cl)ccc2n1)c1ccc(C)cc1C. The molecule has 0 spiro atoms. The Morgan fingerprint density at radius 2 is 1.96 bits per heavy atom. The minimum atomic E-state index is -0.116. The lowest BCUT2D eigenvalue weighted by molar-refractivity contribution is 0.800. The maximum absolute atomic E-state index is 12.3. The molecule has 0 aliphatic rings. The average Bonchev–Trinajstić information content (AvgIpc) is 2.54. The molecule has 0 unspecified atom stereocenters. The molecule has 124 valence electrons. The zero-order chi connectivity index (χ0) is 17.3. The highest BCUT2D eigenvalue weighted by molar-refractivity contribution is 6.30. The number of aromatic nitrogens is 2. The van der Waals surface area contributed by atoms with Crippen molar-refractivity contribution in [2.24, 2.45) is 0 Å². The van der Waals surface area contributed by atoms with Gasteiger partial charge >= 0.3 is 0 Å². The van der Waals surface area contributed by atoms with Crippen LogP contribution >= 0.6 is 11.6 Å². The van der Waals surface area contributed by atoms with Crippen molar-refractivity contribution in [3.8, 4) is 0 Å². The largest absolute Gasteiger partial charge is 0.366 e. The van der Waals surface area contributed by atoms with Gasteiger partial charge in [-0.1, -0.05) is 29.3 Å². The van der Waals surface area contributed by atoms with Gasteiger partial charge in [0.25, 0.3) is 5.56 Å². The maximum atomic E-state index is 12.3. The van der Waals surface area contributed by atoms with Crippen molar-refractivity contribution in [1.82, 2.24) is 9.38 Å². The van der Waals surface area contributed by atoms with Gasteiger partial charge in [0, 0.05) is 24.5 Å². The standard InChI is InChI=1S/C19H20ClN3O/c1-4-22(17-7-5-13(2)9-14(17)3)12-16-10-19(24)23-11-15(20)6-8-18(23)21-16/h5-11H,4,12H2,1-3H3. The van der Waals surface area contributed by atoms with Crippen LogP contribution in [0, 0.1) is 13.8 Å². The minimum Gasteiger partial charge on any atom is -0.366 e. The number of hydrogen-bond acceptors (Lipinski definition) is 3. The number of pyridine rings is 1. The molecule has 0 aliphatic carbocycles. The number of rotatable bonds is 4. The Morgan fingerprint density at radius 3 is 2.67 bits per heavy atom. The van der Waals surface area contributed by atoms with E-state index in [1.807, 2.05) is 0 Å². The molecule has 0 atom stereocenters. The molecule has 24 heavy (non-hydrogen) atoms. The van der Waals surface area contributed by atoms with E-state index >= 15 is 0 Å². The van der Waals surface area contributed by atoms with Crippen LogP contribution in [-0.2, 0) is 6.54 Å². The molecule has 4 nitrogen and oxygen atoms in total. The van der Waals surface area contributed by atoms with Crippen molar-refractivity contribution in [2.45, 2.75) is 27.3 Å². The van der Waals surface area contributed by atoms with Gasteiger partial charge in [0.05, 0.1) is 17.3 Å². The fraction of sp³-hybridized carbons (Fsp3) is 0.263. The second-order valence-corrected chi connectivity index (χ2v) is 6.40. The van der Waals surface area contributed by atoms with Gasteiger partial charge in [-0.15, -0.1) is 0 Å². The summed E-state index contributed by atoms with van der Waals surface area (Å²) in [5.41, 5.74) is 4.88. The number of aryl methyl sites for hydroxylation is 2. The fourth-order valence-electron chi connectivity index (χ4n) is 2.93. The van der Waals surface area contributed by atoms with E-state index in [-0.39, 0.29) is 5.56 Å². The molecule has 0 aliphatic heterocycles. The summed E-state index contributed by atoms with van der Waals surface area (Å²) in [6.45, 7) is 7.73. The van der Waals surface area contributed by atoms with Gasteiger partial charge in [-0.2, -0.15) is 0 Å². The third kappa shape index (κ3) is 3.29. The lowest BCUT2D eigenvalue weighted by atomic mass is 10.1. The summed E-state index contributed by atoms with van der Waals surface area (Å²) in [7, 11) is 0. The first-order valence-corrected chi connectivity index (χ1v) is 8.36. The van der Waals surface area contributed by atoms with Gasteiger partial charge in [-0.3, -0.25) is 9.20 Å². The molecule has 0 saturated carbocycles. The van der Waals surface area contributed by atoms with Crippen LogP contribution in [0.25, 0.3) is 5.65 Å². The van der Waals surface area contributed by atoms with Gasteiger partial charge in [-0.25, -0.2) is 4.98 Å². The van der Waals surface area contributed by atoms with Gasteiger partial charge in [-0.05, 0) is 44.5 Å². The summed E-state index contributed by atoms with van der Waals surface area (Å²) in [6.07, 6.45) is 1.59. The molecule has 0 saturated heterocycles. The summed E-state index contributed by atoms with van der Waals surface area (Å²) in [5.74, 6) is 0. The van der Waals surface area contributed by atoms with Crippen LogP contribution in [0.15, 0.2) is 47.4 Å². The van der Waals surface area contributed by atoms with E-state index in [4.69, 9.17) is 11.6 Å². The van der Waals surface area contributed by atoms with Crippen molar-refractivity contribution in [3.63, 3.8) is 0 Å². The van der Waals surface area contributed by atoms with E-state index in [9.17, 15) is 4.79 Å². The van der Waals surface area contributed by atoms with Gasteiger partial charge in [0.15, 0.2) is 0 Å². The topological polar surface area (TPSA) is 37.6 Å². The number of hydrogen-bond donors (Lipinski definition) is 0. The average molecular weight is 342 g/mol. The number of nitrogens with zero attached hydrogens (tertiary/aromatic N) is 3. The van der Waals surface area contributed by atoms with E-state index < -0.39 is 0 Å². The first kappa shape index (κ1) is 16.5. The van der Waals surface area contributed by atoms with E-state index in [0.717, 1.165) is 12.2 Å². The van der Waals surface area contributed by atoms with Crippen molar-refractivity contribution in [3.05, 3.63) is 74.8 Å². The predicted octanol–water partition coefficient (Wildman–Crippen LogP) is 3.99. The first-order chi connectivity index (χ1) is 11.5. The predicted molar refractivity (Wildman–Crippen MR) is 99.1 cm³/mol. The van der Waals surface area contributed by atoms with E-state index in [1.165, 1.54) is 21.2 Å². The Morgan fingerprint density at radius 1 is 1.17 bits per heavy atom. The maximum Gasteiger partial charge on any atom is 0.258 e. The number of benzene rings is 1. The molecule has 0 amide bonds. The van der Waals surface area contributed by atoms with Crippen LogP contribution in [0.1, 0.15) is 23.7 Å². The molecule has 2 aromatic heterocycles. The molecule has 3 rings (SSSR count). The smallest absolute Gasteiger partial charge is 0.258 e. The normalized spacial score (nSPS) is 11.0. The molecule has 3 aromatic rings. The molecule has 2 heterocycles. The number of fused-ring (bicyclic) bond motifs is 1. The van der Waals surface area contributed by atoms with Gasteiger partial charge < -0.3 is 4.90 Å². The van der Waals surface area contributed by atoms with Crippen LogP contribution in [-0.4, -0.2) is 15.9 Å². The lowest BCUT2D eigenvalue weighted by Crippen LogP contribution is -2.25. The van der Waals surface area contributed by atoms with Crippen LogP contribution in [0.4, 0.5) is 5.69 Å². The summed E-state index contributed by atoms with van der Waals surface area (Å²) >= 11 is 5.95. The monoisotopic (exact) mass is 341 g/mol. The van der Waals surface area contributed by atoms with Crippen molar-refractivity contribution in [2.75, 3.05) is 11.4 Å². The fourth-order valence-corrected chi connectivity index (χ4v) is 3.09. The molecular weight excluding hydrogens is 322 g/mol. The van der Waals surface area contributed by atoms with Gasteiger partial charge in [0.1, 0.15) is 5.65 Å². The van der Waals surface area contributed by atoms with E-state index in [1.54, 1.807) is 24.4 Å². The quantitative estimate of drug-likeness (QED) is 0.720. The second kappa shape index (κ2) is 6.65. The summed E-state index contributed by atoms with van der Waals surface area (Å²) in [6, 6.07) is 11.5. The molecule has 0 N–H and O–H groups in total. The second-order valence-electron chi connectivity index (χ2n) is 5.97. The number of anilines is 1. The van der Waals surface area contributed by atoms with E-state index in [2.05, 4.69) is 48.9 Å². The van der Waals surface area contributed by atoms with Crippen molar-refractivity contribution >= 4 is 22.9 Å². The van der Waals surface area contributed by atoms with E-state index in [0.29, 0.717) is 17.2 Å². The zero-order valence-corrected chi connectivity index (χ0v) is 14.8. The van der Waals surface area contributed by atoms with Crippen molar-refractivity contribution in [1.29, 1.82) is 0 Å². The molecule has 0 radical (unpaired) electrons. The zero-order valence-electron chi connectivity index (χ0n) is 14.1. The van der Waals surface area contributed by atoms with Gasteiger partial charge in [0.2, 0.25) is 0 Å². The Balaban J connectivity index is 1.98.